The van der Waals surface area contributed by atoms with Gasteiger partial charge in [0.1, 0.15) is 0 Å². The predicted molar refractivity (Wildman–Crippen MR) is 78.2 cm³/mol. The molecule has 1 amide bonds. The first kappa shape index (κ1) is 14.1. The van der Waals surface area contributed by atoms with Crippen LogP contribution >= 0.6 is 0 Å². The van der Waals surface area contributed by atoms with E-state index in [4.69, 9.17) is 0 Å². The van der Waals surface area contributed by atoms with Crippen molar-refractivity contribution in [2.75, 3.05) is 20.6 Å². The molecule has 0 aromatic heterocycles. The first-order chi connectivity index (χ1) is 9.22. The Bertz CT molecular complexity index is 431. The number of hydrogen-bond acceptors (Lipinski definition) is 2. The SMILES string of the molecule is CNCCCC(=O)N(C)C1CCc2ccccc2C1. The third-order valence-electron chi connectivity index (χ3n) is 4.08. The van der Waals surface area contributed by atoms with Crippen LogP contribution in [0.1, 0.15) is 30.4 Å². The van der Waals surface area contributed by atoms with E-state index in [2.05, 4.69) is 29.6 Å². The Kier molecular flexibility index (Phi) is 4.97. The van der Waals surface area contributed by atoms with Crippen LogP contribution in [0, 0.1) is 0 Å². The summed E-state index contributed by atoms with van der Waals surface area (Å²) in [5.74, 6) is 0.277. The highest BCUT2D eigenvalue weighted by Crippen LogP contribution is 2.24. The molecule has 3 nitrogen and oxygen atoms in total. The van der Waals surface area contributed by atoms with Gasteiger partial charge in [0.15, 0.2) is 0 Å². The summed E-state index contributed by atoms with van der Waals surface area (Å²) in [6.07, 6.45) is 4.75. The molecule has 1 aromatic rings. The van der Waals surface area contributed by atoms with Crippen LogP contribution in [0.3, 0.4) is 0 Å². The van der Waals surface area contributed by atoms with Crippen molar-refractivity contribution in [2.45, 2.75) is 38.1 Å². The van der Waals surface area contributed by atoms with E-state index in [-0.39, 0.29) is 5.91 Å². The van der Waals surface area contributed by atoms with Crippen LogP contribution in [-0.2, 0) is 17.6 Å². The molecule has 0 saturated heterocycles. The summed E-state index contributed by atoms with van der Waals surface area (Å²) in [6.45, 7) is 0.910. The summed E-state index contributed by atoms with van der Waals surface area (Å²) in [5, 5.41) is 3.08. The standard InChI is InChI=1S/C16H24N2O/c1-17-11-5-8-16(19)18(2)15-10-9-13-6-3-4-7-14(13)12-15/h3-4,6-7,15,17H,5,8-12H2,1-2H3. The van der Waals surface area contributed by atoms with Crippen molar-refractivity contribution in [3.8, 4) is 0 Å². The molecule has 1 atom stereocenters. The second kappa shape index (κ2) is 6.71. The van der Waals surface area contributed by atoms with Crippen LogP contribution < -0.4 is 5.32 Å². The maximum absolute atomic E-state index is 12.1. The fourth-order valence-electron chi connectivity index (χ4n) is 2.81. The summed E-state index contributed by atoms with van der Waals surface area (Å²) in [6, 6.07) is 8.97. The molecule has 1 aromatic carbocycles. The first-order valence-electron chi connectivity index (χ1n) is 7.19. The van der Waals surface area contributed by atoms with Crippen molar-refractivity contribution < 1.29 is 4.79 Å². The molecule has 1 unspecified atom stereocenters. The van der Waals surface area contributed by atoms with E-state index in [0.717, 1.165) is 32.2 Å². The lowest BCUT2D eigenvalue weighted by Crippen LogP contribution is -2.40. The summed E-state index contributed by atoms with van der Waals surface area (Å²) in [4.78, 5) is 14.1. The predicted octanol–water partition coefficient (Wildman–Crippen LogP) is 2.00. The average molecular weight is 260 g/mol. The number of amides is 1. The molecule has 0 fully saturated rings. The Balaban J connectivity index is 1.91. The lowest BCUT2D eigenvalue weighted by atomic mass is 9.87. The van der Waals surface area contributed by atoms with E-state index < -0.39 is 0 Å². The summed E-state index contributed by atoms with van der Waals surface area (Å²) in [5.41, 5.74) is 2.86. The third-order valence-corrected chi connectivity index (χ3v) is 4.08. The third kappa shape index (κ3) is 3.57. The smallest absolute Gasteiger partial charge is 0.222 e. The molecular weight excluding hydrogens is 236 g/mol. The monoisotopic (exact) mass is 260 g/mol. The van der Waals surface area contributed by atoms with Crippen molar-refractivity contribution in [1.29, 1.82) is 0 Å². The topological polar surface area (TPSA) is 32.3 Å². The van der Waals surface area contributed by atoms with E-state index in [1.54, 1.807) is 0 Å². The van der Waals surface area contributed by atoms with Crippen molar-refractivity contribution in [3.05, 3.63) is 35.4 Å². The number of rotatable bonds is 5. The van der Waals surface area contributed by atoms with Gasteiger partial charge < -0.3 is 10.2 Å². The van der Waals surface area contributed by atoms with Gasteiger partial charge in [0.05, 0.1) is 0 Å². The molecule has 1 aliphatic carbocycles. The van der Waals surface area contributed by atoms with E-state index in [1.165, 1.54) is 11.1 Å². The van der Waals surface area contributed by atoms with Crippen molar-refractivity contribution in [2.24, 2.45) is 0 Å². The molecule has 0 heterocycles. The van der Waals surface area contributed by atoms with E-state index >= 15 is 0 Å². The van der Waals surface area contributed by atoms with Gasteiger partial charge in [-0.15, -0.1) is 0 Å². The molecule has 0 radical (unpaired) electrons. The fraction of sp³-hybridized carbons (Fsp3) is 0.562. The minimum atomic E-state index is 0.277. The summed E-state index contributed by atoms with van der Waals surface area (Å²) >= 11 is 0. The Morgan fingerprint density at radius 2 is 2.11 bits per heavy atom. The molecule has 2 rings (SSSR count). The quantitative estimate of drug-likeness (QED) is 0.821. The van der Waals surface area contributed by atoms with Gasteiger partial charge in [-0.05, 0) is 50.4 Å². The van der Waals surface area contributed by atoms with Crippen molar-refractivity contribution in [3.63, 3.8) is 0 Å². The number of nitrogens with zero attached hydrogens (tertiary/aromatic N) is 1. The van der Waals surface area contributed by atoms with E-state index in [9.17, 15) is 4.79 Å². The van der Waals surface area contributed by atoms with E-state index in [0.29, 0.717) is 12.5 Å². The zero-order valence-electron chi connectivity index (χ0n) is 12.0. The molecular formula is C16H24N2O. The van der Waals surface area contributed by atoms with Gasteiger partial charge in [0, 0.05) is 19.5 Å². The average Bonchev–Trinajstić information content (AvgIpc) is 2.46. The lowest BCUT2D eigenvalue weighted by molar-refractivity contribution is -0.132. The van der Waals surface area contributed by atoms with Crippen LogP contribution in [0.5, 0.6) is 0 Å². The maximum Gasteiger partial charge on any atom is 0.222 e. The molecule has 0 aliphatic heterocycles. The molecule has 104 valence electrons. The summed E-state index contributed by atoms with van der Waals surface area (Å²) in [7, 11) is 3.88. The second-order valence-electron chi connectivity index (χ2n) is 5.38. The van der Waals surface area contributed by atoms with Gasteiger partial charge in [-0.1, -0.05) is 24.3 Å². The summed E-state index contributed by atoms with van der Waals surface area (Å²) < 4.78 is 0. The normalized spacial score (nSPS) is 17.9. The molecule has 0 bridgehead atoms. The number of likely N-dealkylation sites (N-methyl/N-ethyl adjacent to an activating group) is 1. The van der Waals surface area contributed by atoms with Crippen LogP contribution in [-0.4, -0.2) is 37.5 Å². The maximum atomic E-state index is 12.1. The van der Waals surface area contributed by atoms with Crippen LogP contribution in [0.4, 0.5) is 0 Å². The first-order valence-corrected chi connectivity index (χ1v) is 7.19. The van der Waals surface area contributed by atoms with Crippen LogP contribution in [0.2, 0.25) is 0 Å². The van der Waals surface area contributed by atoms with Crippen LogP contribution in [0.15, 0.2) is 24.3 Å². The van der Waals surface area contributed by atoms with Crippen molar-refractivity contribution in [1.82, 2.24) is 10.2 Å². The minimum absolute atomic E-state index is 0.277. The number of fused-ring (bicyclic) bond motifs is 1. The van der Waals surface area contributed by atoms with Gasteiger partial charge in [0.25, 0.3) is 0 Å². The minimum Gasteiger partial charge on any atom is -0.342 e. The number of carbonyl (C=O) groups excluding carboxylic acids is 1. The molecule has 19 heavy (non-hydrogen) atoms. The number of benzene rings is 1. The molecule has 3 heteroatoms. The van der Waals surface area contributed by atoms with Crippen molar-refractivity contribution >= 4 is 5.91 Å². The number of carbonyl (C=O) groups is 1. The van der Waals surface area contributed by atoms with Gasteiger partial charge in [0.2, 0.25) is 5.91 Å². The van der Waals surface area contributed by atoms with Gasteiger partial charge >= 0.3 is 0 Å². The molecule has 1 aliphatic rings. The molecule has 1 N–H and O–H groups in total. The Hall–Kier alpha value is -1.35. The van der Waals surface area contributed by atoms with Gasteiger partial charge in [-0.3, -0.25) is 4.79 Å². The van der Waals surface area contributed by atoms with Gasteiger partial charge in [-0.2, -0.15) is 0 Å². The number of aryl methyl sites for hydroxylation is 1. The van der Waals surface area contributed by atoms with E-state index in [1.807, 2.05) is 19.0 Å². The Morgan fingerprint density at radius 1 is 1.37 bits per heavy atom. The zero-order valence-corrected chi connectivity index (χ0v) is 12.0. The van der Waals surface area contributed by atoms with Gasteiger partial charge in [-0.25, -0.2) is 0 Å². The Labute approximate surface area is 116 Å². The number of nitrogens with one attached hydrogen (secondary N) is 1. The molecule has 0 spiro atoms. The number of hydrogen-bond donors (Lipinski definition) is 1. The second-order valence-corrected chi connectivity index (χ2v) is 5.38. The highest BCUT2D eigenvalue weighted by atomic mass is 16.2. The largest absolute Gasteiger partial charge is 0.342 e. The molecule has 0 saturated carbocycles. The lowest BCUT2D eigenvalue weighted by Gasteiger charge is -2.32. The Morgan fingerprint density at radius 3 is 2.84 bits per heavy atom. The zero-order chi connectivity index (χ0) is 13.7. The van der Waals surface area contributed by atoms with Crippen LogP contribution in [0.25, 0.3) is 0 Å². The highest BCUT2D eigenvalue weighted by Gasteiger charge is 2.24. The highest BCUT2D eigenvalue weighted by molar-refractivity contribution is 5.76. The fourth-order valence-corrected chi connectivity index (χ4v) is 2.81.